The van der Waals surface area contributed by atoms with Crippen molar-refractivity contribution in [2.24, 2.45) is 5.73 Å². The van der Waals surface area contributed by atoms with Gasteiger partial charge in [0.05, 0.1) is 0 Å². The van der Waals surface area contributed by atoms with E-state index in [1.54, 1.807) is 0 Å². The van der Waals surface area contributed by atoms with Crippen molar-refractivity contribution in [1.29, 1.82) is 0 Å². The number of rotatable bonds is 1. The van der Waals surface area contributed by atoms with Crippen LogP contribution in [0.3, 0.4) is 0 Å². The second kappa shape index (κ2) is 3.51. The van der Waals surface area contributed by atoms with Gasteiger partial charge in [-0.1, -0.05) is 31.2 Å². The van der Waals surface area contributed by atoms with Gasteiger partial charge in [-0.25, -0.2) is 0 Å². The second-order valence-electron chi connectivity index (χ2n) is 3.92. The predicted octanol–water partition coefficient (Wildman–Crippen LogP) is 2.97. The van der Waals surface area contributed by atoms with Crippen LogP contribution in [-0.2, 0) is 0 Å². The lowest BCUT2D eigenvalue weighted by Crippen LogP contribution is -2.19. The Morgan fingerprint density at radius 3 is 2.62 bits per heavy atom. The molecule has 1 nitrogen and oxygen atoms in total. The zero-order valence-electron chi connectivity index (χ0n) is 8.16. The van der Waals surface area contributed by atoms with Gasteiger partial charge in [0.2, 0.25) is 0 Å². The molecular weight excluding hydrogens is 158 g/mol. The first-order chi connectivity index (χ1) is 6.33. The van der Waals surface area contributed by atoms with Crippen molar-refractivity contribution in [1.82, 2.24) is 0 Å². The van der Waals surface area contributed by atoms with Crippen LogP contribution in [-0.4, -0.2) is 0 Å². The standard InChI is InChI=1S/C12H17N/c1-2-9-7-8-12(13)11-6-4-3-5-10(9)11/h3-6,9,12H,2,7-8,13H2,1H3. The van der Waals surface area contributed by atoms with Crippen LogP contribution in [0.1, 0.15) is 49.3 Å². The zero-order valence-corrected chi connectivity index (χ0v) is 8.16. The Bertz CT molecular complexity index is 293. The van der Waals surface area contributed by atoms with E-state index in [0.29, 0.717) is 0 Å². The minimum atomic E-state index is 0.277. The van der Waals surface area contributed by atoms with Crippen LogP contribution in [0.2, 0.25) is 0 Å². The summed E-state index contributed by atoms with van der Waals surface area (Å²) in [6, 6.07) is 8.92. The molecule has 1 aromatic carbocycles. The first kappa shape index (κ1) is 8.76. The molecule has 0 radical (unpaired) electrons. The smallest absolute Gasteiger partial charge is 0.0297 e. The van der Waals surface area contributed by atoms with Gasteiger partial charge in [-0.3, -0.25) is 0 Å². The Morgan fingerprint density at radius 1 is 1.23 bits per heavy atom. The fraction of sp³-hybridized carbons (Fsp3) is 0.500. The molecule has 2 N–H and O–H groups in total. The van der Waals surface area contributed by atoms with E-state index >= 15 is 0 Å². The minimum absolute atomic E-state index is 0.277. The Balaban J connectivity index is 2.42. The van der Waals surface area contributed by atoms with Crippen LogP contribution < -0.4 is 5.73 Å². The third kappa shape index (κ3) is 1.49. The van der Waals surface area contributed by atoms with Crippen molar-refractivity contribution in [3.8, 4) is 0 Å². The lowest BCUT2D eigenvalue weighted by Gasteiger charge is -2.28. The third-order valence-electron chi connectivity index (χ3n) is 3.15. The SMILES string of the molecule is CCC1CCC(N)c2ccccc21. The molecule has 0 heterocycles. The molecule has 0 spiro atoms. The molecule has 1 aliphatic rings. The van der Waals surface area contributed by atoms with E-state index in [4.69, 9.17) is 5.73 Å². The first-order valence-corrected chi connectivity index (χ1v) is 5.17. The van der Waals surface area contributed by atoms with E-state index in [1.165, 1.54) is 24.0 Å². The Labute approximate surface area is 80.0 Å². The molecule has 0 bridgehead atoms. The van der Waals surface area contributed by atoms with E-state index in [1.807, 2.05) is 0 Å². The molecule has 1 aromatic rings. The summed E-state index contributed by atoms with van der Waals surface area (Å²) in [4.78, 5) is 0. The predicted molar refractivity (Wildman–Crippen MR) is 55.6 cm³/mol. The highest BCUT2D eigenvalue weighted by Gasteiger charge is 2.22. The topological polar surface area (TPSA) is 26.0 Å². The zero-order chi connectivity index (χ0) is 9.26. The van der Waals surface area contributed by atoms with Gasteiger partial charge < -0.3 is 5.73 Å². The fourth-order valence-corrected chi connectivity index (χ4v) is 2.34. The summed E-state index contributed by atoms with van der Waals surface area (Å²) in [6.07, 6.45) is 3.65. The Morgan fingerprint density at radius 2 is 1.92 bits per heavy atom. The molecule has 2 unspecified atom stereocenters. The average molecular weight is 175 g/mol. The summed E-state index contributed by atoms with van der Waals surface area (Å²) in [5.74, 6) is 0.746. The van der Waals surface area contributed by atoms with Crippen molar-refractivity contribution in [3.63, 3.8) is 0 Å². The number of nitrogens with two attached hydrogens (primary N) is 1. The quantitative estimate of drug-likeness (QED) is 0.697. The number of hydrogen-bond donors (Lipinski definition) is 1. The summed E-state index contributed by atoms with van der Waals surface area (Å²) in [5.41, 5.74) is 8.93. The molecule has 70 valence electrons. The molecule has 13 heavy (non-hydrogen) atoms. The van der Waals surface area contributed by atoms with E-state index < -0.39 is 0 Å². The van der Waals surface area contributed by atoms with Crippen LogP contribution >= 0.6 is 0 Å². The minimum Gasteiger partial charge on any atom is -0.324 e. The van der Waals surface area contributed by atoms with Crippen molar-refractivity contribution in [3.05, 3.63) is 35.4 Å². The normalized spacial score (nSPS) is 26.9. The van der Waals surface area contributed by atoms with Crippen LogP contribution in [0.25, 0.3) is 0 Å². The van der Waals surface area contributed by atoms with E-state index in [-0.39, 0.29) is 6.04 Å². The summed E-state index contributed by atoms with van der Waals surface area (Å²) in [5, 5.41) is 0. The monoisotopic (exact) mass is 175 g/mol. The fourth-order valence-electron chi connectivity index (χ4n) is 2.34. The molecule has 1 heteroatoms. The van der Waals surface area contributed by atoms with Gasteiger partial charge in [0.25, 0.3) is 0 Å². The van der Waals surface area contributed by atoms with Crippen LogP contribution in [0.15, 0.2) is 24.3 Å². The number of benzene rings is 1. The molecule has 0 saturated carbocycles. The molecule has 2 rings (SSSR count). The summed E-state index contributed by atoms with van der Waals surface area (Å²) in [7, 11) is 0. The molecular formula is C12H17N. The van der Waals surface area contributed by atoms with Crippen molar-refractivity contribution < 1.29 is 0 Å². The molecule has 0 fully saturated rings. The summed E-state index contributed by atoms with van der Waals surface area (Å²) in [6.45, 7) is 2.26. The van der Waals surface area contributed by atoms with Crippen LogP contribution in [0.5, 0.6) is 0 Å². The van der Waals surface area contributed by atoms with Gasteiger partial charge in [0.15, 0.2) is 0 Å². The highest BCUT2D eigenvalue weighted by atomic mass is 14.6. The molecule has 0 aromatic heterocycles. The molecule has 2 atom stereocenters. The lowest BCUT2D eigenvalue weighted by atomic mass is 9.79. The third-order valence-corrected chi connectivity index (χ3v) is 3.15. The number of fused-ring (bicyclic) bond motifs is 1. The first-order valence-electron chi connectivity index (χ1n) is 5.17. The van der Waals surface area contributed by atoms with E-state index in [9.17, 15) is 0 Å². The van der Waals surface area contributed by atoms with Gasteiger partial charge in [-0.05, 0) is 36.3 Å². The van der Waals surface area contributed by atoms with Gasteiger partial charge in [-0.2, -0.15) is 0 Å². The maximum Gasteiger partial charge on any atom is 0.0297 e. The molecule has 0 aliphatic heterocycles. The van der Waals surface area contributed by atoms with E-state index in [2.05, 4.69) is 31.2 Å². The van der Waals surface area contributed by atoms with E-state index in [0.717, 1.165) is 12.3 Å². The largest absolute Gasteiger partial charge is 0.324 e. The van der Waals surface area contributed by atoms with Gasteiger partial charge in [-0.15, -0.1) is 0 Å². The van der Waals surface area contributed by atoms with Crippen LogP contribution in [0, 0.1) is 0 Å². The van der Waals surface area contributed by atoms with Crippen molar-refractivity contribution in [2.75, 3.05) is 0 Å². The second-order valence-corrected chi connectivity index (χ2v) is 3.92. The molecule has 1 aliphatic carbocycles. The molecule has 0 amide bonds. The molecule has 0 saturated heterocycles. The van der Waals surface area contributed by atoms with Gasteiger partial charge >= 0.3 is 0 Å². The summed E-state index contributed by atoms with van der Waals surface area (Å²) < 4.78 is 0. The van der Waals surface area contributed by atoms with Gasteiger partial charge in [0.1, 0.15) is 0 Å². The highest BCUT2D eigenvalue weighted by Crippen LogP contribution is 2.37. The highest BCUT2D eigenvalue weighted by molar-refractivity contribution is 5.34. The van der Waals surface area contributed by atoms with Crippen LogP contribution in [0.4, 0.5) is 0 Å². The lowest BCUT2D eigenvalue weighted by molar-refractivity contribution is 0.482. The van der Waals surface area contributed by atoms with Gasteiger partial charge in [0, 0.05) is 6.04 Å². The Hall–Kier alpha value is -0.820. The maximum absolute atomic E-state index is 6.06. The van der Waals surface area contributed by atoms with Crippen molar-refractivity contribution >= 4 is 0 Å². The average Bonchev–Trinajstić information content (AvgIpc) is 2.19. The maximum atomic E-state index is 6.06. The number of hydrogen-bond acceptors (Lipinski definition) is 1. The summed E-state index contributed by atoms with van der Waals surface area (Å²) >= 11 is 0. The Kier molecular flexibility index (Phi) is 2.36. The van der Waals surface area contributed by atoms with Crippen molar-refractivity contribution in [2.45, 2.75) is 38.1 Å².